The van der Waals surface area contributed by atoms with Crippen LogP contribution in [0.4, 0.5) is 0 Å². The third kappa shape index (κ3) is 14.5. The van der Waals surface area contributed by atoms with E-state index < -0.39 is 0 Å². The number of hydrogen-bond donors (Lipinski definition) is 1. The van der Waals surface area contributed by atoms with E-state index in [2.05, 4.69) is 23.8 Å². The SMILES string of the molecule is CCCCCC(C)OC(=O)CCl.CCCCCC(C)OC(=O)COc1ccc(Cl)c2cccnc12.Oc1ccc(Cl)c2cccnc12. The van der Waals surface area contributed by atoms with Gasteiger partial charge in [-0.2, -0.15) is 0 Å². The number of phenolic OH excluding ortho intramolecular Hbond substituents is 1. The van der Waals surface area contributed by atoms with Crippen LogP contribution in [0.25, 0.3) is 21.8 Å². The zero-order chi connectivity index (χ0) is 34.6. The predicted molar refractivity (Wildman–Crippen MR) is 191 cm³/mol. The molecule has 0 radical (unpaired) electrons. The first-order valence-corrected chi connectivity index (χ1v) is 17.2. The number of fused-ring (bicyclic) bond motifs is 2. The number of alkyl halides is 1. The number of benzene rings is 2. The molecule has 0 fully saturated rings. The van der Waals surface area contributed by atoms with E-state index in [1.54, 1.807) is 36.7 Å². The highest BCUT2D eigenvalue weighted by Gasteiger charge is 2.13. The van der Waals surface area contributed by atoms with E-state index >= 15 is 0 Å². The number of pyridine rings is 2. The maximum Gasteiger partial charge on any atom is 0.344 e. The maximum absolute atomic E-state index is 11.9. The van der Waals surface area contributed by atoms with Gasteiger partial charge in [0.05, 0.1) is 22.3 Å². The Morgan fingerprint density at radius 2 is 1.26 bits per heavy atom. The monoisotopic (exact) mass is 706 g/mol. The first-order chi connectivity index (χ1) is 22.6. The average Bonchev–Trinajstić information content (AvgIpc) is 3.07. The molecule has 0 aliphatic rings. The van der Waals surface area contributed by atoms with Crippen LogP contribution in [0.15, 0.2) is 60.9 Å². The highest BCUT2D eigenvalue weighted by molar-refractivity contribution is 6.36. The molecule has 256 valence electrons. The number of halogens is 3. The number of carbonyl (C=O) groups excluding carboxylic acids is 2. The van der Waals surface area contributed by atoms with Crippen molar-refractivity contribution >= 4 is 68.5 Å². The van der Waals surface area contributed by atoms with E-state index in [0.717, 1.165) is 49.3 Å². The molecule has 0 amide bonds. The van der Waals surface area contributed by atoms with Gasteiger partial charge in [0.1, 0.15) is 28.4 Å². The third-order valence-electron chi connectivity index (χ3n) is 6.92. The Morgan fingerprint density at radius 3 is 1.79 bits per heavy atom. The number of nitrogens with zero attached hydrogens (tertiary/aromatic N) is 2. The Hall–Kier alpha value is -3.33. The summed E-state index contributed by atoms with van der Waals surface area (Å²) in [5, 5.41) is 12.2. The van der Waals surface area contributed by atoms with Crippen molar-refractivity contribution in [2.24, 2.45) is 0 Å². The summed E-state index contributed by atoms with van der Waals surface area (Å²) in [5.41, 5.74) is 1.19. The van der Waals surface area contributed by atoms with Crippen LogP contribution in [0.2, 0.25) is 10.0 Å². The van der Waals surface area contributed by atoms with E-state index in [4.69, 9.17) is 49.0 Å². The molecule has 2 aromatic heterocycles. The van der Waals surface area contributed by atoms with Gasteiger partial charge in [-0.15, -0.1) is 11.6 Å². The maximum atomic E-state index is 11.9. The van der Waals surface area contributed by atoms with E-state index in [0.29, 0.717) is 26.8 Å². The van der Waals surface area contributed by atoms with Gasteiger partial charge in [0.2, 0.25) is 0 Å². The van der Waals surface area contributed by atoms with Gasteiger partial charge in [-0.3, -0.25) is 14.8 Å². The Bertz CT molecular complexity index is 1500. The first-order valence-electron chi connectivity index (χ1n) is 15.9. The molecular weight excluding hydrogens is 663 g/mol. The molecule has 0 aliphatic carbocycles. The average molecular weight is 708 g/mol. The van der Waals surface area contributed by atoms with Gasteiger partial charge >= 0.3 is 11.9 Å². The Morgan fingerprint density at radius 1 is 0.745 bits per heavy atom. The predicted octanol–water partition coefficient (Wildman–Crippen LogP) is 10.1. The molecule has 0 saturated carbocycles. The van der Waals surface area contributed by atoms with Crippen LogP contribution in [0.3, 0.4) is 0 Å². The van der Waals surface area contributed by atoms with Crippen LogP contribution in [-0.2, 0) is 19.1 Å². The second-order valence-electron chi connectivity index (χ2n) is 10.9. The molecule has 1 N–H and O–H groups in total. The van der Waals surface area contributed by atoms with Crippen molar-refractivity contribution in [1.82, 2.24) is 9.97 Å². The molecule has 2 heterocycles. The van der Waals surface area contributed by atoms with Gasteiger partial charge in [0, 0.05) is 23.2 Å². The molecular formula is C36H45Cl3N2O6. The first kappa shape index (κ1) is 39.8. The Labute approximate surface area is 292 Å². The molecule has 4 aromatic rings. The number of aromatic hydroxyl groups is 1. The number of phenols is 1. The van der Waals surface area contributed by atoms with Gasteiger partial charge in [0.15, 0.2) is 6.61 Å². The molecule has 0 bridgehead atoms. The normalized spacial score (nSPS) is 11.8. The Kier molecular flexibility index (Phi) is 18.9. The van der Waals surface area contributed by atoms with Crippen molar-refractivity contribution in [3.05, 3.63) is 71.0 Å². The molecule has 0 saturated heterocycles. The molecule has 47 heavy (non-hydrogen) atoms. The van der Waals surface area contributed by atoms with Gasteiger partial charge < -0.3 is 19.3 Å². The lowest BCUT2D eigenvalue weighted by atomic mass is 10.1. The van der Waals surface area contributed by atoms with Crippen molar-refractivity contribution in [2.75, 3.05) is 12.5 Å². The molecule has 2 aromatic carbocycles. The van der Waals surface area contributed by atoms with Crippen LogP contribution in [0.5, 0.6) is 11.5 Å². The second-order valence-corrected chi connectivity index (χ2v) is 12.0. The van der Waals surface area contributed by atoms with Crippen LogP contribution in [0, 0.1) is 0 Å². The van der Waals surface area contributed by atoms with Crippen molar-refractivity contribution in [2.45, 2.75) is 91.3 Å². The molecule has 0 spiro atoms. The lowest BCUT2D eigenvalue weighted by Gasteiger charge is -2.14. The number of carbonyl (C=O) groups is 2. The number of esters is 2. The van der Waals surface area contributed by atoms with Crippen molar-refractivity contribution in [3.63, 3.8) is 0 Å². The van der Waals surface area contributed by atoms with Gasteiger partial charge in [0.25, 0.3) is 0 Å². The standard InChI is InChI=1S/C18H22ClNO3.C9H6ClNO.C9H17ClO2/c1-3-4-5-7-13(2)23-17(21)12-22-16-10-9-15(19)14-8-6-11-20-18(14)16;10-7-3-4-8(12)9-6(7)2-1-5-11-9;1-3-4-5-6-8(2)12-9(11)7-10/h6,8-11,13H,3-5,7,12H2,1-2H3;1-5,12H;8H,3-7H2,1-2H3. The highest BCUT2D eigenvalue weighted by Crippen LogP contribution is 2.30. The molecule has 11 heteroatoms. The number of rotatable bonds is 14. The van der Waals surface area contributed by atoms with Gasteiger partial charge in [-0.1, -0.05) is 62.7 Å². The van der Waals surface area contributed by atoms with Crippen molar-refractivity contribution in [3.8, 4) is 11.5 Å². The number of ether oxygens (including phenoxy) is 3. The van der Waals surface area contributed by atoms with Crippen molar-refractivity contribution in [1.29, 1.82) is 0 Å². The summed E-state index contributed by atoms with van der Waals surface area (Å²) >= 11 is 17.3. The molecule has 8 nitrogen and oxygen atoms in total. The fourth-order valence-corrected chi connectivity index (χ4v) is 4.98. The zero-order valence-electron chi connectivity index (χ0n) is 27.5. The van der Waals surface area contributed by atoms with Crippen LogP contribution < -0.4 is 4.74 Å². The minimum absolute atomic E-state index is 0.0165. The summed E-state index contributed by atoms with van der Waals surface area (Å²) in [7, 11) is 0. The molecule has 4 rings (SSSR count). The van der Waals surface area contributed by atoms with Gasteiger partial charge in [-0.25, -0.2) is 4.79 Å². The number of aromatic nitrogens is 2. The van der Waals surface area contributed by atoms with Gasteiger partial charge in [-0.05, 0) is 88.1 Å². The summed E-state index contributed by atoms with van der Waals surface area (Å²) in [5.74, 6) is -0.0396. The van der Waals surface area contributed by atoms with Crippen LogP contribution in [0.1, 0.15) is 79.1 Å². The third-order valence-corrected chi connectivity index (χ3v) is 7.80. The smallest absolute Gasteiger partial charge is 0.344 e. The molecule has 0 aliphatic heterocycles. The van der Waals surface area contributed by atoms with Crippen LogP contribution >= 0.6 is 34.8 Å². The summed E-state index contributed by atoms with van der Waals surface area (Å²) in [6.07, 6.45) is 11.9. The number of unbranched alkanes of at least 4 members (excludes halogenated alkanes) is 4. The summed E-state index contributed by atoms with van der Waals surface area (Å²) < 4.78 is 15.9. The van der Waals surface area contributed by atoms with E-state index in [9.17, 15) is 14.7 Å². The largest absolute Gasteiger partial charge is 0.506 e. The number of hydrogen-bond acceptors (Lipinski definition) is 8. The summed E-state index contributed by atoms with van der Waals surface area (Å²) in [6, 6.07) is 13.9. The fourth-order valence-electron chi connectivity index (χ4n) is 4.48. The van der Waals surface area contributed by atoms with E-state index in [1.807, 2.05) is 32.0 Å². The molecule has 2 unspecified atom stereocenters. The molecule has 2 atom stereocenters. The highest BCUT2D eigenvalue weighted by atomic mass is 35.5. The minimum atomic E-state index is -0.368. The summed E-state index contributed by atoms with van der Waals surface area (Å²) in [6.45, 7) is 7.97. The lowest BCUT2D eigenvalue weighted by Crippen LogP contribution is -2.20. The van der Waals surface area contributed by atoms with E-state index in [-0.39, 0.29) is 42.4 Å². The Balaban J connectivity index is 0.000000270. The quantitative estimate of drug-likeness (QED) is 0.0784. The van der Waals surface area contributed by atoms with Crippen LogP contribution in [-0.4, -0.2) is 51.7 Å². The second kappa shape index (κ2) is 22.3. The fraction of sp³-hybridized carbons (Fsp3) is 0.444. The zero-order valence-corrected chi connectivity index (χ0v) is 29.8. The van der Waals surface area contributed by atoms with E-state index in [1.165, 1.54) is 18.9 Å². The summed E-state index contributed by atoms with van der Waals surface area (Å²) in [4.78, 5) is 30.8. The van der Waals surface area contributed by atoms with Crippen molar-refractivity contribution < 1.29 is 28.9 Å². The topological polar surface area (TPSA) is 108 Å². The minimum Gasteiger partial charge on any atom is -0.506 e. The lowest BCUT2D eigenvalue weighted by molar-refractivity contribution is -0.151.